The molecule has 1 N–H and O–H groups in total. The van der Waals surface area contributed by atoms with E-state index in [9.17, 15) is 21.6 Å². The van der Waals surface area contributed by atoms with Gasteiger partial charge < -0.3 is 4.90 Å². The van der Waals surface area contributed by atoms with E-state index in [2.05, 4.69) is 4.72 Å². The Morgan fingerprint density at radius 2 is 1.76 bits per heavy atom. The molecule has 1 aliphatic heterocycles. The molecule has 1 aromatic carbocycles. The fraction of sp³-hybridized carbons (Fsp3) is 0.389. The van der Waals surface area contributed by atoms with Crippen molar-refractivity contribution in [3.63, 3.8) is 0 Å². The molecular formula is C18H23N3O5S3. The first-order valence-electron chi connectivity index (χ1n) is 9.05. The van der Waals surface area contributed by atoms with E-state index in [0.717, 1.165) is 15.6 Å². The Kier molecular flexibility index (Phi) is 6.74. The summed E-state index contributed by atoms with van der Waals surface area (Å²) in [5, 5.41) is 1.70. The average molecular weight is 458 g/mol. The van der Waals surface area contributed by atoms with Crippen LogP contribution >= 0.6 is 11.3 Å². The van der Waals surface area contributed by atoms with Crippen molar-refractivity contribution in [2.75, 3.05) is 26.7 Å². The summed E-state index contributed by atoms with van der Waals surface area (Å²) in [6.07, 6.45) is 0.955. The first-order chi connectivity index (χ1) is 13.7. The fourth-order valence-corrected chi connectivity index (χ4v) is 6.54. The van der Waals surface area contributed by atoms with E-state index >= 15 is 0 Å². The Balaban J connectivity index is 1.54. The number of sulfonamides is 2. The third kappa shape index (κ3) is 5.23. The minimum absolute atomic E-state index is 0.136. The number of amides is 1. The predicted octanol–water partition coefficient (Wildman–Crippen LogP) is 1.34. The molecule has 0 unspecified atom stereocenters. The van der Waals surface area contributed by atoms with E-state index < -0.39 is 20.0 Å². The van der Waals surface area contributed by atoms with E-state index in [1.807, 2.05) is 0 Å². The maximum Gasteiger partial charge on any atom is 0.250 e. The molecule has 0 bridgehead atoms. The quantitative estimate of drug-likeness (QED) is 0.676. The number of carbonyl (C=O) groups is 1. The molecule has 0 radical (unpaired) electrons. The molecule has 0 spiro atoms. The number of carbonyl (C=O) groups excluding carboxylic acids is 1. The van der Waals surface area contributed by atoms with Crippen LogP contribution in [0.1, 0.15) is 12.8 Å². The van der Waals surface area contributed by atoms with Gasteiger partial charge in [-0.15, -0.1) is 11.3 Å². The molecule has 158 valence electrons. The number of piperidine rings is 1. The summed E-state index contributed by atoms with van der Waals surface area (Å²) >= 11 is 1.15. The smallest absolute Gasteiger partial charge is 0.250 e. The van der Waals surface area contributed by atoms with Crippen LogP contribution in [-0.4, -0.2) is 64.7 Å². The zero-order valence-corrected chi connectivity index (χ0v) is 18.3. The van der Waals surface area contributed by atoms with Crippen molar-refractivity contribution in [3.8, 4) is 0 Å². The van der Waals surface area contributed by atoms with E-state index in [0.29, 0.717) is 25.9 Å². The van der Waals surface area contributed by atoms with Crippen molar-refractivity contribution in [1.82, 2.24) is 13.9 Å². The SMILES string of the molecule is CN(CC(=O)N1CCC(NS(=O)(=O)c2cccs2)CC1)S(=O)(=O)c1ccccc1. The van der Waals surface area contributed by atoms with Crippen molar-refractivity contribution in [3.05, 3.63) is 47.8 Å². The minimum atomic E-state index is -3.74. The molecular weight excluding hydrogens is 434 g/mol. The van der Waals surface area contributed by atoms with E-state index in [4.69, 9.17) is 0 Å². The second-order valence-corrected chi connectivity index (χ2v) is 11.7. The lowest BCUT2D eigenvalue weighted by atomic mass is 10.1. The third-order valence-corrected chi connectivity index (χ3v) is 9.47. The van der Waals surface area contributed by atoms with Gasteiger partial charge in [-0.1, -0.05) is 24.3 Å². The number of nitrogens with zero attached hydrogens (tertiary/aromatic N) is 2. The molecule has 2 aromatic rings. The van der Waals surface area contributed by atoms with Gasteiger partial charge >= 0.3 is 0 Å². The van der Waals surface area contributed by atoms with Crippen molar-refractivity contribution >= 4 is 37.3 Å². The monoisotopic (exact) mass is 457 g/mol. The summed E-state index contributed by atoms with van der Waals surface area (Å²) in [5.74, 6) is -0.299. The van der Waals surface area contributed by atoms with Gasteiger partial charge in [-0.05, 0) is 36.4 Å². The van der Waals surface area contributed by atoms with Gasteiger partial charge in [0, 0.05) is 26.2 Å². The van der Waals surface area contributed by atoms with Gasteiger partial charge in [0.05, 0.1) is 11.4 Å². The van der Waals surface area contributed by atoms with Gasteiger partial charge in [-0.2, -0.15) is 4.31 Å². The van der Waals surface area contributed by atoms with Crippen LogP contribution in [-0.2, 0) is 24.8 Å². The number of hydrogen-bond acceptors (Lipinski definition) is 6. The summed E-state index contributed by atoms with van der Waals surface area (Å²) in [6.45, 7) is 0.480. The molecule has 1 saturated heterocycles. The molecule has 3 rings (SSSR count). The van der Waals surface area contributed by atoms with Gasteiger partial charge in [-0.25, -0.2) is 21.6 Å². The van der Waals surface area contributed by atoms with Crippen LogP contribution in [0, 0.1) is 0 Å². The molecule has 1 aromatic heterocycles. The van der Waals surface area contributed by atoms with Crippen LogP contribution in [0.4, 0.5) is 0 Å². The maximum absolute atomic E-state index is 12.6. The van der Waals surface area contributed by atoms with Crippen LogP contribution < -0.4 is 4.72 Å². The Labute approximate surface area is 175 Å². The summed E-state index contributed by atoms with van der Waals surface area (Å²) in [5.41, 5.74) is 0. The zero-order valence-electron chi connectivity index (χ0n) is 15.9. The molecule has 8 nitrogen and oxygen atoms in total. The van der Waals surface area contributed by atoms with Gasteiger partial charge in [0.15, 0.2) is 0 Å². The topological polar surface area (TPSA) is 104 Å². The Morgan fingerprint density at radius 3 is 2.34 bits per heavy atom. The normalized spacial score (nSPS) is 16.3. The second kappa shape index (κ2) is 8.92. The Bertz CT molecular complexity index is 1030. The van der Waals surface area contributed by atoms with Crippen LogP contribution in [0.5, 0.6) is 0 Å². The largest absolute Gasteiger partial charge is 0.341 e. The van der Waals surface area contributed by atoms with Crippen molar-refractivity contribution in [2.45, 2.75) is 28.0 Å². The predicted molar refractivity (Wildman–Crippen MR) is 111 cm³/mol. The molecule has 29 heavy (non-hydrogen) atoms. The summed E-state index contributed by atoms with van der Waals surface area (Å²) in [4.78, 5) is 14.3. The molecule has 1 fully saturated rings. The highest BCUT2D eigenvalue weighted by atomic mass is 32.2. The molecule has 11 heteroatoms. The van der Waals surface area contributed by atoms with Gasteiger partial charge in [-0.3, -0.25) is 4.79 Å². The van der Waals surface area contributed by atoms with Crippen LogP contribution in [0.25, 0.3) is 0 Å². The van der Waals surface area contributed by atoms with E-state index in [-0.39, 0.29) is 27.6 Å². The van der Waals surface area contributed by atoms with Gasteiger partial charge in [0.1, 0.15) is 4.21 Å². The second-order valence-electron chi connectivity index (χ2n) is 6.78. The van der Waals surface area contributed by atoms with E-state index in [1.165, 1.54) is 19.2 Å². The highest BCUT2D eigenvalue weighted by Gasteiger charge is 2.29. The molecule has 1 aliphatic rings. The third-order valence-electron chi connectivity index (χ3n) is 4.74. The van der Waals surface area contributed by atoms with Crippen LogP contribution in [0.2, 0.25) is 0 Å². The lowest BCUT2D eigenvalue weighted by molar-refractivity contribution is -0.132. The molecule has 0 atom stereocenters. The first-order valence-corrected chi connectivity index (χ1v) is 12.9. The number of likely N-dealkylation sites (N-methyl/N-ethyl adjacent to an activating group) is 1. The van der Waals surface area contributed by atoms with E-state index in [1.54, 1.807) is 40.6 Å². The van der Waals surface area contributed by atoms with Crippen molar-refractivity contribution < 1.29 is 21.6 Å². The van der Waals surface area contributed by atoms with Crippen LogP contribution in [0.15, 0.2) is 56.9 Å². The summed E-state index contributed by atoms with van der Waals surface area (Å²) in [6, 6.07) is 10.9. The number of benzene rings is 1. The fourth-order valence-electron chi connectivity index (χ4n) is 3.09. The Morgan fingerprint density at radius 1 is 1.10 bits per heavy atom. The lowest BCUT2D eigenvalue weighted by Crippen LogP contribution is -2.49. The molecule has 2 heterocycles. The number of nitrogens with one attached hydrogen (secondary N) is 1. The molecule has 1 amide bonds. The summed E-state index contributed by atoms with van der Waals surface area (Å²) in [7, 11) is -5.91. The van der Waals surface area contributed by atoms with Gasteiger partial charge in [0.2, 0.25) is 26.0 Å². The minimum Gasteiger partial charge on any atom is -0.341 e. The summed E-state index contributed by atoms with van der Waals surface area (Å²) < 4.78 is 53.7. The van der Waals surface area contributed by atoms with Gasteiger partial charge in [0.25, 0.3) is 0 Å². The van der Waals surface area contributed by atoms with Crippen molar-refractivity contribution in [1.29, 1.82) is 0 Å². The first kappa shape index (κ1) is 21.9. The lowest BCUT2D eigenvalue weighted by Gasteiger charge is -2.33. The zero-order chi connectivity index (χ0) is 21.1. The maximum atomic E-state index is 12.6. The number of likely N-dealkylation sites (tertiary alicyclic amines) is 1. The standard InChI is InChI=1S/C18H23N3O5S3/c1-20(29(25,26)16-6-3-2-4-7-16)14-17(22)21-11-9-15(10-12-21)19-28(23,24)18-8-5-13-27-18/h2-8,13,15,19H,9-12,14H2,1H3. The number of rotatable bonds is 7. The highest BCUT2D eigenvalue weighted by molar-refractivity contribution is 7.91. The van der Waals surface area contributed by atoms with Crippen molar-refractivity contribution in [2.24, 2.45) is 0 Å². The van der Waals surface area contributed by atoms with Crippen LogP contribution in [0.3, 0.4) is 0 Å². The number of thiophene rings is 1. The number of hydrogen-bond donors (Lipinski definition) is 1. The molecule has 0 aliphatic carbocycles. The average Bonchev–Trinajstić information content (AvgIpc) is 3.25. The molecule has 0 saturated carbocycles. The highest BCUT2D eigenvalue weighted by Crippen LogP contribution is 2.19. The Hall–Kier alpha value is -1.79.